The maximum absolute atomic E-state index is 10.7. The van der Waals surface area contributed by atoms with Crippen molar-refractivity contribution in [3.8, 4) is 0 Å². The SMILES string of the molecule is CCCCCC=CC1CCOC(=O)O1. The van der Waals surface area contributed by atoms with Gasteiger partial charge in [-0.2, -0.15) is 0 Å². The highest BCUT2D eigenvalue weighted by Gasteiger charge is 2.18. The third kappa shape index (κ3) is 4.30. The van der Waals surface area contributed by atoms with Crippen LogP contribution in [-0.4, -0.2) is 18.9 Å². The van der Waals surface area contributed by atoms with Gasteiger partial charge in [0.25, 0.3) is 0 Å². The molecule has 1 rings (SSSR count). The Morgan fingerprint density at radius 2 is 2.36 bits per heavy atom. The van der Waals surface area contributed by atoms with Gasteiger partial charge in [0.05, 0.1) is 6.61 Å². The number of rotatable bonds is 5. The van der Waals surface area contributed by atoms with Crippen molar-refractivity contribution in [3.05, 3.63) is 12.2 Å². The molecule has 80 valence electrons. The quantitative estimate of drug-likeness (QED) is 0.387. The van der Waals surface area contributed by atoms with E-state index in [1.54, 1.807) is 0 Å². The molecule has 1 heterocycles. The van der Waals surface area contributed by atoms with E-state index in [2.05, 4.69) is 17.7 Å². The van der Waals surface area contributed by atoms with Crippen LogP contribution in [0.5, 0.6) is 0 Å². The molecule has 1 unspecified atom stereocenters. The number of hydrogen-bond acceptors (Lipinski definition) is 3. The summed E-state index contributed by atoms with van der Waals surface area (Å²) in [6.45, 7) is 2.66. The van der Waals surface area contributed by atoms with E-state index in [-0.39, 0.29) is 6.10 Å². The van der Waals surface area contributed by atoms with E-state index in [9.17, 15) is 4.79 Å². The average molecular weight is 198 g/mol. The molecule has 1 atom stereocenters. The van der Waals surface area contributed by atoms with Gasteiger partial charge >= 0.3 is 6.16 Å². The third-order valence-corrected chi connectivity index (χ3v) is 2.19. The monoisotopic (exact) mass is 198 g/mol. The number of allylic oxidation sites excluding steroid dienone is 1. The van der Waals surface area contributed by atoms with E-state index >= 15 is 0 Å². The molecular formula is C11H18O3. The lowest BCUT2D eigenvalue weighted by atomic mass is 10.1. The van der Waals surface area contributed by atoms with Gasteiger partial charge in [0.15, 0.2) is 0 Å². The maximum atomic E-state index is 10.7. The molecule has 0 saturated carbocycles. The zero-order valence-electron chi connectivity index (χ0n) is 8.70. The zero-order valence-corrected chi connectivity index (χ0v) is 8.70. The minimum atomic E-state index is -0.542. The molecule has 0 aromatic carbocycles. The van der Waals surface area contributed by atoms with Gasteiger partial charge < -0.3 is 9.47 Å². The van der Waals surface area contributed by atoms with Crippen molar-refractivity contribution in [2.45, 2.75) is 45.1 Å². The molecule has 0 aliphatic carbocycles. The van der Waals surface area contributed by atoms with Gasteiger partial charge in [-0.3, -0.25) is 0 Å². The summed E-state index contributed by atoms with van der Waals surface area (Å²) in [4.78, 5) is 10.7. The normalized spacial score (nSPS) is 22.1. The Morgan fingerprint density at radius 1 is 1.50 bits per heavy atom. The van der Waals surface area contributed by atoms with Crippen LogP contribution >= 0.6 is 0 Å². The standard InChI is InChI=1S/C11H18O3/c1-2-3-4-5-6-7-10-8-9-13-11(12)14-10/h6-7,10H,2-5,8-9H2,1H3. The first-order valence-electron chi connectivity index (χ1n) is 5.33. The third-order valence-electron chi connectivity index (χ3n) is 2.19. The first-order chi connectivity index (χ1) is 6.83. The number of ether oxygens (including phenoxy) is 2. The second-order valence-electron chi connectivity index (χ2n) is 3.47. The highest BCUT2D eigenvalue weighted by atomic mass is 16.7. The zero-order chi connectivity index (χ0) is 10.2. The van der Waals surface area contributed by atoms with Crippen molar-refractivity contribution < 1.29 is 14.3 Å². The Hall–Kier alpha value is -0.990. The van der Waals surface area contributed by atoms with Crippen molar-refractivity contribution in [2.75, 3.05) is 6.61 Å². The lowest BCUT2D eigenvalue weighted by molar-refractivity contribution is -0.00570. The summed E-state index contributed by atoms with van der Waals surface area (Å²) < 4.78 is 9.60. The highest BCUT2D eigenvalue weighted by Crippen LogP contribution is 2.10. The van der Waals surface area contributed by atoms with Crippen molar-refractivity contribution in [3.63, 3.8) is 0 Å². The predicted octanol–water partition coefficient (Wildman–Crippen LogP) is 3.05. The van der Waals surface area contributed by atoms with Crippen LogP contribution in [0.15, 0.2) is 12.2 Å². The van der Waals surface area contributed by atoms with E-state index in [4.69, 9.17) is 4.74 Å². The van der Waals surface area contributed by atoms with Crippen molar-refractivity contribution in [2.24, 2.45) is 0 Å². The van der Waals surface area contributed by atoms with Gasteiger partial charge in [0, 0.05) is 6.42 Å². The number of hydrogen-bond donors (Lipinski definition) is 0. The molecule has 0 N–H and O–H groups in total. The van der Waals surface area contributed by atoms with Gasteiger partial charge in [-0.25, -0.2) is 4.79 Å². The lowest BCUT2D eigenvalue weighted by Gasteiger charge is -2.19. The average Bonchev–Trinajstić information content (AvgIpc) is 2.18. The van der Waals surface area contributed by atoms with Crippen LogP contribution in [0.4, 0.5) is 4.79 Å². The Morgan fingerprint density at radius 3 is 3.07 bits per heavy atom. The van der Waals surface area contributed by atoms with Crippen LogP contribution in [0.3, 0.4) is 0 Å². The van der Waals surface area contributed by atoms with Gasteiger partial charge in [0.1, 0.15) is 6.10 Å². The number of carbonyl (C=O) groups excluding carboxylic acids is 1. The van der Waals surface area contributed by atoms with Gasteiger partial charge in [-0.15, -0.1) is 0 Å². The number of carbonyl (C=O) groups is 1. The molecule has 1 aliphatic heterocycles. The Kier molecular flexibility index (Phi) is 5.12. The van der Waals surface area contributed by atoms with Crippen molar-refractivity contribution >= 4 is 6.16 Å². The fraction of sp³-hybridized carbons (Fsp3) is 0.727. The molecule has 0 spiro atoms. The maximum Gasteiger partial charge on any atom is 0.508 e. The van der Waals surface area contributed by atoms with Crippen LogP contribution in [0.1, 0.15) is 39.0 Å². The molecule has 1 saturated heterocycles. The van der Waals surface area contributed by atoms with Gasteiger partial charge in [0.2, 0.25) is 0 Å². The molecule has 0 bridgehead atoms. The molecule has 0 radical (unpaired) electrons. The van der Waals surface area contributed by atoms with Crippen molar-refractivity contribution in [1.82, 2.24) is 0 Å². The molecule has 0 amide bonds. The summed E-state index contributed by atoms with van der Waals surface area (Å²) in [5, 5.41) is 0. The van der Waals surface area contributed by atoms with Gasteiger partial charge in [-0.1, -0.05) is 25.8 Å². The molecule has 3 heteroatoms. The van der Waals surface area contributed by atoms with E-state index in [1.165, 1.54) is 19.3 Å². The highest BCUT2D eigenvalue weighted by molar-refractivity contribution is 5.61. The molecular weight excluding hydrogens is 180 g/mol. The lowest BCUT2D eigenvalue weighted by Crippen LogP contribution is -2.25. The van der Waals surface area contributed by atoms with Crippen LogP contribution < -0.4 is 0 Å². The van der Waals surface area contributed by atoms with Gasteiger partial charge in [-0.05, 0) is 18.9 Å². The summed E-state index contributed by atoms with van der Waals surface area (Å²) in [5.74, 6) is 0. The Labute approximate surface area is 85.1 Å². The second-order valence-corrected chi connectivity index (χ2v) is 3.47. The molecule has 1 aliphatic rings. The van der Waals surface area contributed by atoms with E-state index < -0.39 is 6.16 Å². The number of unbranched alkanes of at least 4 members (excludes halogenated alkanes) is 3. The first kappa shape index (κ1) is 11.1. The van der Waals surface area contributed by atoms with Crippen LogP contribution in [0.25, 0.3) is 0 Å². The summed E-state index contributed by atoms with van der Waals surface area (Å²) in [5.41, 5.74) is 0. The predicted molar refractivity (Wildman–Crippen MR) is 54.1 cm³/mol. The molecule has 14 heavy (non-hydrogen) atoms. The summed E-state index contributed by atoms with van der Waals surface area (Å²) in [7, 11) is 0. The summed E-state index contributed by atoms with van der Waals surface area (Å²) in [6, 6.07) is 0. The smallest absolute Gasteiger partial charge is 0.434 e. The Bertz CT molecular complexity index is 199. The van der Waals surface area contributed by atoms with Crippen LogP contribution in [-0.2, 0) is 9.47 Å². The van der Waals surface area contributed by atoms with Crippen molar-refractivity contribution in [1.29, 1.82) is 0 Å². The first-order valence-corrected chi connectivity index (χ1v) is 5.33. The van der Waals surface area contributed by atoms with E-state index in [0.717, 1.165) is 12.8 Å². The van der Waals surface area contributed by atoms with Crippen LogP contribution in [0, 0.1) is 0 Å². The topological polar surface area (TPSA) is 35.5 Å². The number of cyclic esters (lactones) is 2. The molecule has 0 aromatic rings. The minimum Gasteiger partial charge on any atom is -0.434 e. The van der Waals surface area contributed by atoms with Crippen LogP contribution in [0.2, 0.25) is 0 Å². The Balaban J connectivity index is 2.12. The summed E-state index contributed by atoms with van der Waals surface area (Å²) in [6.07, 6.45) is 9.01. The summed E-state index contributed by atoms with van der Waals surface area (Å²) >= 11 is 0. The largest absolute Gasteiger partial charge is 0.508 e. The molecule has 1 fully saturated rings. The fourth-order valence-electron chi connectivity index (χ4n) is 1.37. The van der Waals surface area contributed by atoms with E-state index in [1.807, 2.05) is 6.08 Å². The second kappa shape index (κ2) is 6.46. The fourth-order valence-corrected chi connectivity index (χ4v) is 1.37. The minimum absolute atomic E-state index is 0.0714. The molecule has 0 aromatic heterocycles. The van der Waals surface area contributed by atoms with E-state index in [0.29, 0.717) is 6.61 Å². The molecule has 3 nitrogen and oxygen atoms in total.